The maximum absolute atomic E-state index is 12.2. The number of ether oxygens (including phenoxy) is 1. The predicted molar refractivity (Wildman–Crippen MR) is 176 cm³/mol. The Morgan fingerprint density at radius 1 is 0.561 bits per heavy atom. The minimum absolute atomic E-state index is 0.0489. The van der Waals surface area contributed by atoms with Crippen molar-refractivity contribution in [2.75, 3.05) is 0 Å². The molecule has 0 aromatic carbocycles. The van der Waals surface area contributed by atoms with Gasteiger partial charge in [-0.2, -0.15) is 0 Å². The minimum atomic E-state index is -0.679. The topological polar surface area (TPSA) is 63.6 Å². The van der Waals surface area contributed by atoms with Gasteiger partial charge < -0.3 is 9.84 Å². The van der Waals surface area contributed by atoms with E-state index in [4.69, 9.17) is 9.84 Å². The Balaban J connectivity index is 3.62. The second-order valence-electron chi connectivity index (χ2n) is 10.9. The van der Waals surface area contributed by atoms with E-state index in [0.717, 1.165) is 83.5 Å². The molecule has 0 bridgehead atoms. The van der Waals surface area contributed by atoms with Crippen molar-refractivity contribution >= 4 is 11.9 Å². The van der Waals surface area contributed by atoms with E-state index in [1.165, 1.54) is 44.9 Å². The van der Waals surface area contributed by atoms with E-state index < -0.39 is 5.97 Å². The molecule has 41 heavy (non-hydrogen) atoms. The van der Waals surface area contributed by atoms with E-state index in [9.17, 15) is 9.59 Å². The molecule has 0 aliphatic rings. The Morgan fingerprint density at radius 2 is 1.00 bits per heavy atom. The maximum atomic E-state index is 12.2. The summed E-state index contributed by atoms with van der Waals surface area (Å²) in [5.41, 5.74) is 0. The van der Waals surface area contributed by atoms with Crippen LogP contribution in [0.15, 0.2) is 60.8 Å². The van der Waals surface area contributed by atoms with Crippen molar-refractivity contribution in [3.63, 3.8) is 0 Å². The first-order chi connectivity index (χ1) is 20.1. The third kappa shape index (κ3) is 32.0. The van der Waals surface area contributed by atoms with E-state index in [0.29, 0.717) is 12.8 Å². The molecule has 4 heteroatoms. The van der Waals surface area contributed by atoms with Crippen molar-refractivity contribution in [1.29, 1.82) is 0 Å². The van der Waals surface area contributed by atoms with Crippen LogP contribution in [0, 0.1) is 0 Å². The van der Waals surface area contributed by atoms with Crippen molar-refractivity contribution in [2.45, 2.75) is 161 Å². The molecule has 0 rings (SSSR count). The van der Waals surface area contributed by atoms with Gasteiger partial charge in [-0.3, -0.25) is 9.59 Å². The first-order valence-corrected chi connectivity index (χ1v) is 16.8. The fourth-order valence-corrected chi connectivity index (χ4v) is 4.56. The summed E-state index contributed by atoms with van der Waals surface area (Å²) in [6.07, 6.45) is 44.6. The van der Waals surface area contributed by atoms with E-state index >= 15 is 0 Å². The minimum Gasteiger partial charge on any atom is -0.481 e. The van der Waals surface area contributed by atoms with Gasteiger partial charge in [-0.05, 0) is 70.6 Å². The summed E-state index contributed by atoms with van der Waals surface area (Å²) < 4.78 is 5.72. The lowest BCUT2D eigenvalue weighted by Gasteiger charge is -2.16. The van der Waals surface area contributed by atoms with Crippen molar-refractivity contribution in [3.05, 3.63) is 60.8 Å². The summed E-state index contributed by atoms with van der Waals surface area (Å²) in [6.45, 7) is 4.26. The third-order valence-electron chi connectivity index (χ3n) is 7.08. The number of carbonyl (C=O) groups excluding carboxylic acids is 1. The number of rotatable bonds is 29. The Bertz CT molecular complexity index is 744. The molecule has 1 atom stereocenters. The quantitative estimate of drug-likeness (QED) is 0.0552. The summed E-state index contributed by atoms with van der Waals surface area (Å²) in [5, 5.41) is 8.64. The molecule has 0 saturated heterocycles. The molecule has 0 amide bonds. The summed E-state index contributed by atoms with van der Waals surface area (Å²) in [7, 11) is 0. The van der Waals surface area contributed by atoms with E-state index in [-0.39, 0.29) is 12.1 Å². The second-order valence-corrected chi connectivity index (χ2v) is 10.9. The van der Waals surface area contributed by atoms with Gasteiger partial charge in [0, 0.05) is 12.8 Å². The van der Waals surface area contributed by atoms with Crippen LogP contribution in [0.1, 0.15) is 155 Å². The normalized spacial score (nSPS) is 13.0. The fourth-order valence-electron chi connectivity index (χ4n) is 4.56. The smallest absolute Gasteiger partial charge is 0.306 e. The van der Waals surface area contributed by atoms with Gasteiger partial charge in [0.2, 0.25) is 0 Å². The number of aliphatic carboxylic acids is 1. The molecule has 0 spiro atoms. The number of carboxylic acid groups (broad SMARTS) is 1. The van der Waals surface area contributed by atoms with Gasteiger partial charge in [-0.15, -0.1) is 0 Å². The SMILES string of the molecule is CC/C=C\C/C=C\C/C=C\C/C=C\C/C=C\CCCC(=O)OC(CC)CCCCCCCCCCCCCC(=O)O. The Labute approximate surface area is 253 Å². The maximum Gasteiger partial charge on any atom is 0.306 e. The van der Waals surface area contributed by atoms with Gasteiger partial charge in [0.05, 0.1) is 0 Å². The van der Waals surface area contributed by atoms with Crippen LogP contribution in [0.5, 0.6) is 0 Å². The lowest BCUT2D eigenvalue weighted by Crippen LogP contribution is -2.17. The molecule has 0 aromatic rings. The number of hydrogen-bond acceptors (Lipinski definition) is 3. The lowest BCUT2D eigenvalue weighted by molar-refractivity contribution is -0.149. The van der Waals surface area contributed by atoms with Crippen LogP contribution in [0.25, 0.3) is 0 Å². The van der Waals surface area contributed by atoms with Gasteiger partial charge >= 0.3 is 11.9 Å². The summed E-state index contributed by atoms with van der Waals surface area (Å²) in [5.74, 6) is -0.728. The zero-order valence-electron chi connectivity index (χ0n) is 26.6. The fraction of sp³-hybridized carbons (Fsp3) is 0.676. The molecule has 0 aromatic heterocycles. The zero-order valence-corrected chi connectivity index (χ0v) is 26.6. The van der Waals surface area contributed by atoms with E-state index in [1.54, 1.807) is 0 Å². The number of allylic oxidation sites excluding steroid dienone is 10. The number of unbranched alkanes of at least 4 members (excludes halogenated alkanes) is 11. The van der Waals surface area contributed by atoms with Crippen LogP contribution in [0.3, 0.4) is 0 Å². The molecule has 234 valence electrons. The third-order valence-corrected chi connectivity index (χ3v) is 7.08. The molecule has 0 fully saturated rings. The number of carbonyl (C=O) groups is 2. The molecule has 0 saturated carbocycles. The van der Waals surface area contributed by atoms with Crippen molar-refractivity contribution < 1.29 is 19.4 Å². The summed E-state index contributed by atoms with van der Waals surface area (Å²) >= 11 is 0. The van der Waals surface area contributed by atoms with Gasteiger partial charge in [-0.1, -0.05) is 132 Å². The van der Waals surface area contributed by atoms with Crippen LogP contribution >= 0.6 is 0 Å². The molecule has 1 unspecified atom stereocenters. The van der Waals surface area contributed by atoms with Crippen molar-refractivity contribution in [3.8, 4) is 0 Å². The molecular formula is C37H62O4. The van der Waals surface area contributed by atoms with Gasteiger partial charge in [0.1, 0.15) is 6.10 Å². The summed E-state index contributed by atoms with van der Waals surface area (Å²) in [6, 6.07) is 0. The van der Waals surface area contributed by atoms with Crippen LogP contribution in [-0.4, -0.2) is 23.1 Å². The molecule has 0 aliphatic heterocycles. The largest absolute Gasteiger partial charge is 0.481 e. The number of hydrogen-bond donors (Lipinski definition) is 1. The van der Waals surface area contributed by atoms with Crippen LogP contribution in [-0.2, 0) is 14.3 Å². The number of carboxylic acids is 1. The van der Waals surface area contributed by atoms with Gasteiger partial charge in [-0.25, -0.2) is 0 Å². The molecule has 1 N–H and O–H groups in total. The predicted octanol–water partition coefficient (Wildman–Crippen LogP) is 11.4. The van der Waals surface area contributed by atoms with Crippen LogP contribution in [0.2, 0.25) is 0 Å². The summed E-state index contributed by atoms with van der Waals surface area (Å²) in [4.78, 5) is 22.7. The first kappa shape index (κ1) is 38.6. The molecule has 0 heterocycles. The Hall–Kier alpha value is -2.36. The lowest BCUT2D eigenvalue weighted by atomic mass is 10.0. The van der Waals surface area contributed by atoms with E-state index in [1.807, 2.05) is 0 Å². The number of esters is 1. The zero-order chi connectivity index (χ0) is 30.1. The highest BCUT2D eigenvalue weighted by Gasteiger charge is 2.11. The molecule has 0 aliphatic carbocycles. The van der Waals surface area contributed by atoms with Crippen LogP contribution in [0.4, 0.5) is 0 Å². The van der Waals surface area contributed by atoms with Crippen molar-refractivity contribution in [1.82, 2.24) is 0 Å². The van der Waals surface area contributed by atoms with E-state index in [2.05, 4.69) is 74.6 Å². The monoisotopic (exact) mass is 570 g/mol. The highest BCUT2D eigenvalue weighted by atomic mass is 16.5. The Kier molecular flexibility index (Phi) is 30.3. The first-order valence-electron chi connectivity index (χ1n) is 16.8. The van der Waals surface area contributed by atoms with Crippen LogP contribution < -0.4 is 0 Å². The molecule has 4 nitrogen and oxygen atoms in total. The average molecular weight is 571 g/mol. The highest BCUT2D eigenvalue weighted by Crippen LogP contribution is 2.15. The van der Waals surface area contributed by atoms with Crippen molar-refractivity contribution in [2.24, 2.45) is 0 Å². The molecular weight excluding hydrogens is 508 g/mol. The average Bonchev–Trinajstić information content (AvgIpc) is 2.96. The highest BCUT2D eigenvalue weighted by molar-refractivity contribution is 5.69. The van der Waals surface area contributed by atoms with Gasteiger partial charge in [0.15, 0.2) is 0 Å². The Morgan fingerprint density at radius 3 is 1.46 bits per heavy atom. The standard InChI is InChI=1S/C37H62O4/c1-3-5-6-7-8-9-10-11-12-13-14-15-19-22-25-28-31-34-37(40)41-35(4-2)32-29-26-23-20-17-16-18-21-24-27-30-33-36(38)39/h5-6,8-9,11-12,14-15,22,25,35H,3-4,7,10,13,16-21,23-24,26-34H2,1-2H3,(H,38,39)/b6-5-,9-8-,12-11-,15-14-,25-22-. The molecule has 0 radical (unpaired) electrons. The second kappa shape index (κ2) is 32.2. The van der Waals surface area contributed by atoms with Gasteiger partial charge in [0.25, 0.3) is 0 Å².